The molecule has 0 heterocycles. The van der Waals surface area contributed by atoms with Crippen LogP contribution in [0.5, 0.6) is 0 Å². The van der Waals surface area contributed by atoms with Gasteiger partial charge in [-0.25, -0.2) is 4.79 Å². The molecule has 0 spiro atoms. The molecule has 0 rings (SSSR count). The maximum Gasteiger partial charge on any atom is 0.315 e. The van der Waals surface area contributed by atoms with E-state index in [9.17, 15) is 14.7 Å². The van der Waals surface area contributed by atoms with Crippen LogP contribution in [0.15, 0.2) is 0 Å². The second-order valence-corrected chi connectivity index (χ2v) is 5.48. The highest BCUT2D eigenvalue weighted by molar-refractivity contribution is 5.78. The first-order chi connectivity index (χ1) is 9.36. The van der Waals surface area contributed by atoms with E-state index in [2.05, 4.69) is 24.5 Å². The summed E-state index contributed by atoms with van der Waals surface area (Å²) in [5.41, 5.74) is -0.866. The standard InChI is InChI=1S/C15H30N2O3/c1-6-12(7-2)11(5)17-14(20)16-10-15(8-3,9-4)13(18)19/h11-12H,6-10H2,1-5H3,(H,18,19)(H2,16,17,20). The minimum atomic E-state index is -0.866. The second kappa shape index (κ2) is 8.82. The molecule has 1 atom stereocenters. The van der Waals surface area contributed by atoms with Crippen LogP contribution in [0.25, 0.3) is 0 Å². The fourth-order valence-electron chi connectivity index (χ4n) is 2.50. The van der Waals surface area contributed by atoms with E-state index in [1.54, 1.807) is 0 Å². The monoisotopic (exact) mass is 286 g/mol. The van der Waals surface area contributed by atoms with Gasteiger partial charge in [-0.05, 0) is 25.7 Å². The van der Waals surface area contributed by atoms with E-state index in [1.165, 1.54) is 0 Å². The van der Waals surface area contributed by atoms with E-state index in [4.69, 9.17) is 0 Å². The van der Waals surface area contributed by atoms with E-state index < -0.39 is 11.4 Å². The molecule has 20 heavy (non-hydrogen) atoms. The third-order valence-corrected chi connectivity index (χ3v) is 4.51. The van der Waals surface area contributed by atoms with Crippen molar-refractivity contribution in [1.82, 2.24) is 10.6 Å². The molecule has 1 unspecified atom stereocenters. The summed E-state index contributed by atoms with van der Waals surface area (Å²) >= 11 is 0. The number of nitrogens with one attached hydrogen (secondary N) is 2. The third kappa shape index (κ3) is 5.02. The number of hydrogen-bond donors (Lipinski definition) is 3. The Balaban J connectivity index is 4.44. The summed E-state index contributed by atoms with van der Waals surface area (Å²) in [5.74, 6) is -0.404. The molecule has 5 nitrogen and oxygen atoms in total. The van der Waals surface area contributed by atoms with Crippen molar-refractivity contribution in [3.8, 4) is 0 Å². The highest BCUT2D eigenvalue weighted by Gasteiger charge is 2.35. The second-order valence-electron chi connectivity index (χ2n) is 5.48. The highest BCUT2D eigenvalue weighted by Crippen LogP contribution is 2.25. The van der Waals surface area contributed by atoms with Crippen molar-refractivity contribution in [2.45, 2.75) is 66.3 Å². The van der Waals surface area contributed by atoms with Crippen molar-refractivity contribution in [1.29, 1.82) is 0 Å². The third-order valence-electron chi connectivity index (χ3n) is 4.51. The van der Waals surface area contributed by atoms with Crippen LogP contribution in [-0.4, -0.2) is 29.7 Å². The fraction of sp³-hybridized carbons (Fsp3) is 0.867. The summed E-state index contributed by atoms with van der Waals surface area (Å²) in [7, 11) is 0. The van der Waals surface area contributed by atoms with Crippen molar-refractivity contribution in [3.05, 3.63) is 0 Å². The van der Waals surface area contributed by atoms with Gasteiger partial charge in [-0.15, -0.1) is 0 Å². The number of rotatable bonds is 9. The molecule has 0 aliphatic rings. The van der Waals surface area contributed by atoms with E-state index in [0.717, 1.165) is 12.8 Å². The fourth-order valence-corrected chi connectivity index (χ4v) is 2.50. The Morgan fingerprint density at radius 2 is 1.60 bits per heavy atom. The van der Waals surface area contributed by atoms with Crippen molar-refractivity contribution in [2.75, 3.05) is 6.54 Å². The topological polar surface area (TPSA) is 78.4 Å². The van der Waals surface area contributed by atoms with Crippen molar-refractivity contribution >= 4 is 12.0 Å². The normalized spacial score (nSPS) is 13.1. The first-order valence-corrected chi connectivity index (χ1v) is 7.64. The van der Waals surface area contributed by atoms with Crippen LogP contribution in [-0.2, 0) is 4.79 Å². The van der Waals surface area contributed by atoms with Crippen LogP contribution in [0.4, 0.5) is 4.79 Å². The van der Waals surface area contributed by atoms with Gasteiger partial charge in [0.15, 0.2) is 0 Å². The molecular weight excluding hydrogens is 256 g/mol. The summed E-state index contributed by atoms with van der Waals surface area (Å²) in [6.07, 6.45) is 3.03. The molecular formula is C15H30N2O3. The molecule has 0 aromatic rings. The zero-order valence-corrected chi connectivity index (χ0v) is 13.5. The number of carbonyl (C=O) groups is 2. The molecule has 2 amide bonds. The first-order valence-electron chi connectivity index (χ1n) is 7.64. The highest BCUT2D eigenvalue weighted by atomic mass is 16.4. The zero-order chi connectivity index (χ0) is 15.8. The predicted octanol–water partition coefficient (Wildman–Crippen LogP) is 3.00. The lowest BCUT2D eigenvalue weighted by atomic mass is 9.82. The van der Waals surface area contributed by atoms with Crippen molar-refractivity contribution in [3.63, 3.8) is 0 Å². The van der Waals surface area contributed by atoms with Gasteiger partial charge in [0.05, 0.1) is 5.41 Å². The lowest BCUT2D eigenvalue weighted by Gasteiger charge is -2.28. The average molecular weight is 286 g/mol. The Hall–Kier alpha value is -1.26. The predicted molar refractivity (Wildman–Crippen MR) is 80.7 cm³/mol. The SMILES string of the molecule is CCC(CC)C(C)NC(=O)NCC(CC)(CC)C(=O)O. The lowest BCUT2D eigenvalue weighted by Crippen LogP contribution is -2.49. The molecule has 5 heteroatoms. The molecule has 0 aromatic carbocycles. The van der Waals surface area contributed by atoms with E-state index >= 15 is 0 Å². The van der Waals surface area contributed by atoms with Gasteiger partial charge in [-0.2, -0.15) is 0 Å². The molecule has 0 bridgehead atoms. The number of hydrogen-bond acceptors (Lipinski definition) is 2. The average Bonchev–Trinajstić information content (AvgIpc) is 2.41. The Kier molecular flexibility index (Phi) is 8.26. The van der Waals surface area contributed by atoms with Gasteiger partial charge in [0.2, 0.25) is 0 Å². The van der Waals surface area contributed by atoms with E-state index in [0.29, 0.717) is 18.8 Å². The van der Waals surface area contributed by atoms with Gasteiger partial charge in [-0.3, -0.25) is 4.79 Å². The molecule has 0 radical (unpaired) electrons. The number of urea groups is 1. The summed E-state index contributed by atoms with van der Waals surface area (Å²) in [6, 6.07) is -0.190. The van der Waals surface area contributed by atoms with Gasteiger partial charge in [0.1, 0.15) is 0 Å². The molecule has 0 saturated carbocycles. The molecule has 0 aromatic heterocycles. The minimum Gasteiger partial charge on any atom is -0.481 e. The van der Waals surface area contributed by atoms with Crippen LogP contribution in [0.2, 0.25) is 0 Å². The quantitative estimate of drug-likeness (QED) is 0.609. The maximum absolute atomic E-state index is 11.9. The first kappa shape index (κ1) is 18.7. The number of carboxylic acid groups (broad SMARTS) is 1. The Labute approximate surface area is 122 Å². The summed E-state index contributed by atoms with van der Waals surface area (Å²) in [5, 5.41) is 14.9. The molecule has 0 aliphatic heterocycles. The summed E-state index contributed by atoms with van der Waals surface area (Å²) in [6.45, 7) is 10.0. The number of carboxylic acids is 1. The lowest BCUT2D eigenvalue weighted by molar-refractivity contribution is -0.149. The Bertz CT molecular complexity index is 310. The maximum atomic E-state index is 11.9. The number of aliphatic carboxylic acids is 1. The van der Waals surface area contributed by atoms with Crippen molar-refractivity contribution < 1.29 is 14.7 Å². The number of carbonyl (C=O) groups excluding carboxylic acids is 1. The smallest absolute Gasteiger partial charge is 0.315 e. The zero-order valence-electron chi connectivity index (χ0n) is 13.5. The van der Waals surface area contributed by atoms with E-state index in [1.807, 2.05) is 20.8 Å². The molecule has 3 N–H and O–H groups in total. The number of amides is 2. The van der Waals surface area contributed by atoms with Crippen LogP contribution in [0, 0.1) is 11.3 Å². The van der Waals surface area contributed by atoms with Gasteiger partial charge in [0.25, 0.3) is 0 Å². The van der Waals surface area contributed by atoms with Crippen LogP contribution >= 0.6 is 0 Å². The molecule has 0 saturated heterocycles. The Morgan fingerprint density at radius 1 is 1.10 bits per heavy atom. The molecule has 0 aliphatic carbocycles. The molecule has 118 valence electrons. The molecule has 0 fully saturated rings. The summed E-state index contributed by atoms with van der Waals surface area (Å²) < 4.78 is 0. The van der Waals surface area contributed by atoms with E-state index in [-0.39, 0.29) is 18.6 Å². The van der Waals surface area contributed by atoms with Crippen LogP contribution < -0.4 is 10.6 Å². The van der Waals surface area contributed by atoms with Gasteiger partial charge in [0, 0.05) is 12.6 Å². The summed E-state index contributed by atoms with van der Waals surface area (Å²) in [4.78, 5) is 23.2. The largest absolute Gasteiger partial charge is 0.481 e. The van der Waals surface area contributed by atoms with Gasteiger partial charge >= 0.3 is 12.0 Å². The van der Waals surface area contributed by atoms with Gasteiger partial charge in [-0.1, -0.05) is 40.5 Å². The minimum absolute atomic E-state index is 0.0903. The van der Waals surface area contributed by atoms with Crippen molar-refractivity contribution in [2.24, 2.45) is 11.3 Å². The van der Waals surface area contributed by atoms with Crippen LogP contribution in [0.3, 0.4) is 0 Å². The Morgan fingerprint density at radius 3 is 1.95 bits per heavy atom. The van der Waals surface area contributed by atoms with Crippen LogP contribution in [0.1, 0.15) is 60.3 Å². The van der Waals surface area contributed by atoms with Gasteiger partial charge < -0.3 is 15.7 Å².